The zero-order chi connectivity index (χ0) is 20.0. The SMILES string of the molecule is CC1(C)c2ccccc2-c2ccc3oc4cccc5cccc(c6ccc1c2c36)c54. The van der Waals surface area contributed by atoms with E-state index >= 15 is 0 Å². The maximum absolute atomic E-state index is 6.58. The van der Waals surface area contributed by atoms with Crippen LogP contribution in [0.5, 0.6) is 0 Å². The Bertz CT molecular complexity index is 1660. The van der Waals surface area contributed by atoms with Gasteiger partial charge in [0.2, 0.25) is 0 Å². The average Bonchev–Trinajstić information content (AvgIpc) is 2.91. The van der Waals surface area contributed by atoms with Crippen molar-refractivity contribution in [1.82, 2.24) is 0 Å². The largest absolute Gasteiger partial charge is 0.456 e. The molecule has 0 N–H and O–H groups in total. The molecule has 5 aromatic carbocycles. The van der Waals surface area contributed by atoms with Crippen LogP contribution in [0.4, 0.5) is 0 Å². The van der Waals surface area contributed by atoms with E-state index in [4.69, 9.17) is 4.42 Å². The van der Waals surface area contributed by atoms with Gasteiger partial charge in [-0.2, -0.15) is 0 Å². The van der Waals surface area contributed by atoms with Crippen LogP contribution in [0.15, 0.2) is 89.3 Å². The molecule has 0 amide bonds. The molecule has 1 aromatic heterocycles. The molecule has 0 bridgehead atoms. The second-order valence-electron chi connectivity index (χ2n) is 8.95. The summed E-state index contributed by atoms with van der Waals surface area (Å²) in [6.45, 7) is 4.68. The molecule has 0 saturated heterocycles. The highest BCUT2D eigenvalue weighted by molar-refractivity contribution is 6.26. The summed E-state index contributed by atoms with van der Waals surface area (Å²) in [5.74, 6) is 0. The van der Waals surface area contributed by atoms with Crippen LogP contribution in [0.1, 0.15) is 25.0 Å². The minimum Gasteiger partial charge on any atom is -0.456 e. The summed E-state index contributed by atoms with van der Waals surface area (Å²) < 4.78 is 6.58. The van der Waals surface area contributed by atoms with Gasteiger partial charge in [-0.15, -0.1) is 0 Å². The highest BCUT2D eigenvalue weighted by atomic mass is 16.3. The Kier molecular flexibility index (Phi) is 2.88. The lowest BCUT2D eigenvalue weighted by Crippen LogP contribution is -2.23. The topological polar surface area (TPSA) is 13.1 Å². The molecule has 142 valence electrons. The predicted octanol–water partition coefficient (Wildman–Crippen LogP) is 8.20. The molecule has 0 fully saturated rings. The van der Waals surface area contributed by atoms with Crippen LogP contribution >= 0.6 is 0 Å². The van der Waals surface area contributed by atoms with E-state index in [0.29, 0.717) is 0 Å². The third-order valence-electron chi connectivity index (χ3n) is 7.06. The summed E-state index contributed by atoms with van der Waals surface area (Å²) in [7, 11) is 0. The van der Waals surface area contributed by atoms with Crippen molar-refractivity contribution in [3.05, 3.63) is 96.1 Å². The number of rotatable bonds is 0. The fourth-order valence-corrected chi connectivity index (χ4v) is 5.66. The second kappa shape index (κ2) is 5.31. The van der Waals surface area contributed by atoms with Gasteiger partial charge in [-0.1, -0.05) is 86.6 Å². The monoisotopic (exact) mass is 384 g/mol. The minimum absolute atomic E-state index is 0.0636. The Morgan fingerprint density at radius 3 is 2.20 bits per heavy atom. The van der Waals surface area contributed by atoms with Crippen molar-refractivity contribution in [2.24, 2.45) is 0 Å². The lowest BCUT2D eigenvalue weighted by atomic mass is 9.68. The fourth-order valence-electron chi connectivity index (χ4n) is 5.66. The van der Waals surface area contributed by atoms with Gasteiger partial charge < -0.3 is 4.42 Å². The van der Waals surface area contributed by atoms with Crippen LogP contribution in [0, 0.1) is 0 Å². The van der Waals surface area contributed by atoms with Crippen molar-refractivity contribution in [2.45, 2.75) is 19.3 Å². The zero-order valence-corrected chi connectivity index (χ0v) is 17.0. The van der Waals surface area contributed by atoms with Crippen LogP contribution in [-0.2, 0) is 5.41 Å². The molecule has 0 spiro atoms. The fraction of sp³-hybridized carbons (Fsp3) is 0.103. The van der Waals surface area contributed by atoms with Crippen molar-refractivity contribution in [2.75, 3.05) is 0 Å². The van der Waals surface area contributed by atoms with E-state index in [1.165, 1.54) is 54.6 Å². The van der Waals surface area contributed by atoms with Gasteiger partial charge in [0.15, 0.2) is 0 Å². The number of hydrogen-bond acceptors (Lipinski definition) is 1. The summed E-state index contributed by atoms with van der Waals surface area (Å²) in [6, 6.07) is 30.8. The third kappa shape index (κ3) is 1.84. The van der Waals surface area contributed by atoms with Gasteiger partial charge in [-0.25, -0.2) is 0 Å². The van der Waals surface area contributed by atoms with Gasteiger partial charge >= 0.3 is 0 Å². The summed E-state index contributed by atoms with van der Waals surface area (Å²) in [5.41, 5.74) is 7.22. The molecular weight excluding hydrogens is 364 g/mol. The predicted molar refractivity (Wildman–Crippen MR) is 126 cm³/mol. The molecule has 30 heavy (non-hydrogen) atoms. The van der Waals surface area contributed by atoms with Crippen LogP contribution in [0.3, 0.4) is 0 Å². The summed E-state index contributed by atoms with van der Waals surface area (Å²) in [4.78, 5) is 0. The van der Waals surface area contributed by atoms with Crippen molar-refractivity contribution < 1.29 is 4.42 Å². The van der Waals surface area contributed by atoms with Crippen molar-refractivity contribution >= 4 is 43.5 Å². The maximum atomic E-state index is 6.58. The van der Waals surface area contributed by atoms with Crippen molar-refractivity contribution in [3.63, 3.8) is 0 Å². The van der Waals surface area contributed by atoms with Crippen LogP contribution in [0.2, 0.25) is 0 Å². The van der Waals surface area contributed by atoms with Gasteiger partial charge in [0.25, 0.3) is 0 Å². The number of fused-ring (bicyclic) bond motifs is 3. The highest BCUT2D eigenvalue weighted by Gasteiger charge is 2.34. The Balaban J connectivity index is 1.83. The van der Waals surface area contributed by atoms with E-state index in [2.05, 4.69) is 98.8 Å². The molecule has 6 aromatic rings. The van der Waals surface area contributed by atoms with E-state index in [9.17, 15) is 0 Å². The second-order valence-corrected chi connectivity index (χ2v) is 8.95. The van der Waals surface area contributed by atoms with Gasteiger partial charge in [-0.05, 0) is 55.9 Å². The molecule has 1 aliphatic rings. The quantitative estimate of drug-likeness (QED) is 0.257. The van der Waals surface area contributed by atoms with Gasteiger partial charge in [0.1, 0.15) is 11.2 Å². The molecule has 7 rings (SSSR count). The molecule has 0 aliphatic heterocycles. The van der Waals surface area contributed by atoms with Crippen LogP contribution in [-0.4, -0.2) is 0 Å². The smallest absolute Gasteiger partial charge is 0.135 e. The molecule has 1 nitrogen and oxygen atoms in total. The normalized spacial score (nSPS) is 14.6. The first-order valence-electron chi connectivity index (χ1n) is 10.5. The Morgan fingerprint density at radius 2 is 1.30 bits per heavy atom. The Morgan fingerprint density at radius 1 is 0.533 bits per heavy atom. The van der Waals surface area contributed by atoms with E-state index in [1.54, 1.807) is 0 Å². The average molecular weight is 384 g/mol. The van der Waals surface area contributed by atoms with Gasteiger partial charge in [-0.3, -0.25) is 0 Å². The molecule has 0 saturated carbocycles. The zero-order valence-electron chi connectivity index (χ0n) is 17.0. The Hall–Kier alpha value is -3.58. The summed E-state index contributed by atoms with van der Waals surface area (Å²) in [6.07, 6.45) is 0. The first-order chi connectivity index (χ1) is 14.6. The lowest BCUT2D eigenvalue weighted by molar-refractivity contribution is 0.644. The van der Waals surface area contributed by atoms with E-state index in [0.717, 1.165) is 11.2 Å². The molecule has 1 aliphatic carbocycles. The first kappa shape index (κ1) is 16.2. The molecule has 1 heteroatoms. The lowest BCUT2D eigenvalue weighted by Gasteiger charge is -2.35. The van der Waals surface area contributed by atoms with Crippen molar-refractivity contribution in [1.29, 1.82) is 0 Å². The van der Waals surface area contributed by atoms with Crippen LogP contribution < -0.4 is 0 Å². The summed E-state index contributed by atoms with van der Waals surface area (Å²) >= 11 is 0. The minimum atomic E-state index is -0.0636. The maximum Gasteiger partial charge on any atom is 0.135 e. The van der Waals surface area contributed by atoms with E-state index in [-0.39, 0.29) is 5.41 Å². The van der Waals surface area contributed by atoms with Gasteiger partial charge in [0, 0.05) is 16.2 Å². The standard InChI is InChI=1S/C29H20O/c1-29(2)22-11-4-3-9-18(22)20-14-16-25-28-21(13-15-23(29)27(20)28)19-10-5-7-17-8-6-12-24(30-25)26(17)19/h3-16H,1-2H3. The molecule has 0 radical (unpaired) electrons. The highest BCUT2D eigenvalue weighted by Crippen LogP contribution is 2.51. The summed E-state index contributed by atoms with van der Waals surface area (Å²) in [5, 5.41) is 7.49. The molecule has 0 unspecified atom stereocenters. The van der Waals surface area contributed by atoms with Gasteiger partial charge in [0.05, 0.1) is 0 Å². The van der Waals surface area contributed by atoms with Crippen molar-refractivity contribution in [3.8, 4) is 11.1 Å². The molecule has 0 atom stereocenters. The molecular formula is C29H20O. The molecule has 1 heterocycles. The Labute approximate surface area is 174 Å². The van der Waals surface area contributed by atoms with E-state index < -0.39 is 0 Å². The van der Waals surface area contributed by atoms with E-state index in [1.807, 2.05) is 0 Å². The van der Waals surface area contributed by atoms with Crippen LogP contribution in [0.25, 0.3) is 54.6 Å². The third-order valence-corrected chi connectivity index (χ3v) is 7.06. The number of hydrogen-bond donors (Lipinski definition) is 0. The number of benzene rings is 5. The first-order valence-corrected chi connectivity index (χ1v) is 10.5.